The smallest absolute Gasteiger partial charge is 0.221 e. The van der Waals surface area contributed by atoms with Crippen LogP contribution in [0.25, 0.3) is 0 Å². The molecule has 114 valence electrons. The molecule has 6 nitrogen and oxygen atoms in total. The molecular formula is C14H23NO5. The van der Waals surface area contributed by atoms with Crippen LogP contribution in [0.15, 0.2) is 0 Å². The Bertz CT molecular complexity index is 365. The normalized spacial score (nSPS) is 33.8. The summed E-state index contributed by atoms with van der Waals surface area (Å²) in [5.41, 5.74) is 0. The zero-order valence-electron chi connectivity index (χ0n) is 11.8. The molecule has 0 radical (unpaired) electrons. The van der Waals surface area contributed by atoms with Gasteiger partial charge in [0.25, 0.3) is 0 Å². The monoisotopic (exact) mass is 285 g/mol. The van der Waals surface area contributed by atoms with Gasteiger partial charge in [0.05, 0.1) is 18.8 Å². The molecule has 1 fully saturated rings. The number of amides is 1. The van der Waals surface area contributed by atoms with Crippen LogP contribution in [0.2, 0.25) is 0 Å². The van der Waals surface area contributed by atoms with E-state index in [-0.39, 0.29) is 24.9 Å². The van der Waals surface area contributed by atoms with Crippen LogP contribution in [0, 0.1) is 18.3 Å². The number of aliphatic hydroxyl groups is 3. The molecule has 0 bridgehead atoms. The lowest BCUT2D eigenvalue weighted by Crippen LogP contribution is -2.65. The van der Waals surface area contributed by atoms with Gasteiger partial charge in [-0.05, 0) is 5.92 Å². The van der Waals surface area contributed by atoms with Gasteiger partial charge >= 0.3 is 0 Å². The molecule has 1 amide bonds. The summed E-state index contributed by atoms with van der Waals surface area (Å²) in [5.74, 6) is 2.08. The van der Waals surface area contributed by atoms with Crippen LogP contribution in [0.4, 0.5) is 0 Å². The van der Waals surface area contributed by atoms with E-state index in [1.54, 1.807) is 0 Å². The van der Waals surface area contributed by atoms with Gasteiger partial charge in [-0.1, -0.05) is 13.8 Å². The average molecular weight is 285 g/mol. The highest BCUT2D eigenvalue weighted by Crippen LogP contribution is 2.25. The van der Waals surface area contributed by atoms with Crippen LogP contribution in [0.3, 0.4) is 0 Å². The molecule has 5 unspecified atom stereocenters. The Hall–Kier alpha value is -1.13. The molecule has 0 aromatic heterocycles. The fraction of sp³-hybridized carbons (Fsp3) is 0.786. The molecule has 5 atom stereocenters. The number of carbonyl (C=O) groups excluding carboxylic acids is 1. The third-order valence-electron chi connectivity index (χ3n) is 3.45. The first-order chi connectivity index (χ1) is 9.42. The molecular weight excluding hydrogens is 262 g/mol. The molecule has 1 saturated heterocycles. The van der Waals surface area contributed by atoms with Crippen LogP contribution in [-0.2, 0) is 9.53 Å². The van der Waals surface area contributed by atoms with Gasteiger partial charge in [0.15, 0.2) is 0 Å². The van der Waals surface area contributed by atoms with Crippen molar-refractivity contribution in [1.82, 2.24) is 5.32 Å². The van der Waals surface area contributed by atoms with Crippen LogP contribution < -0.4 is 5.32 Å². The van der Waals surface area contributed by atoms with Crippen LogP contribution in [-0.4, -0.2) is 58.3 Å². The first-order valence-corrected chi connectivity index (χ1v) is 6.77. The Morgan fingerprint density at radius 1 is 1.40 bits per heavy atom. The third kappa shape index (κ3) is 3.93. The number of terminal acetylenes is 1. The summed E-state index contributed by atoms with van der Waals surface area (Å²) in [6.07, 6.45) is 1.79. The van der Waals surface area contributed by atoms with Gasteiger partial charge in [0.1, 0.15) is 18.3 Å². The standard InChI is InChI=1S/C14H23NO5/c1-4-5-6-10(17)15-11-13(19)12(18)9(7-16)20-14(11)8(2)3/h1,8-9,11-14,16,18-19H,5-7H2,2-3H3,(H,15,17). The Kier molecular flexibility index (Phi) is 6.43. The van der Waals surface area contributed by atoms with E-state index in [0.717, 1.165) is 0 Å². The molecule has 6 heteroatoms. The molecule has 4 N–H and O–H groups in total. The minimum atomic E-state index is -1.24. The first kappa shape index (κ1) is 16.9. The molecule has 0 saturated carbocycles. The number of ether oxygens (including phenoxy) is 1. The van der Waals surface area contributed by atoms with Gasteiger partial charge in [0.2, 0.25) is 5.91 Å². The second-order valence-corrected chi connectivity index (χ2v) is 5.34. The number of rotatable bonds is 5. The summed E-state index contributed by atoms with van der Waals surface area (Å²) >= 11 is 0. The van der Waals surface area contributed by atoms with Gasteiger partial charge in [-0.2, -0.15) is 0 Å². The fourth-order valence-electron chi connectivity index (χ4n) is 2.33. The summed E-state index contributed by atoms with van der Waals surface area (Å²) in [4.78, 5) is 11.7. The predicted molar refractivity (Wildman–Crippen MR) is 72.6 cm³/mol. The van der Waals surface area contributed by atoms with Crippen molar-refractivity contribution in [2.45, 2.75) is 57.1 Å². The third-order valence-corrected chi connectivity index (χ3v) is 3.45. The molecule has 1 rings (SSSR count). The van der Waals surface area contributed by atoms with Gasteiger partial charge in [0, 0.05) is 12.8 Å². The minimum absolute atomic E-state index is 0.00383. The van der Waals surface area contributed by atoms with Crippen LogP contribution in [0.1, 0.15) is 26.7 Å². The number of carbonyl (C=O) groups is 1. The maximum Gasteiger partial charge on any atom is 0.221 e. The predicted octanol–water partition coefficient (Wildman–Crippen LogP) is -0.978. The van der Waals surface area contributed by atoms with Crippen molar-refractivity contribution in [2.75, 3.05) is 6.61 Å². The molecule has 0 aromatic carbocycles. The largest absolute Gasteiger partial charge is 0.394 e. The Balaban J connectivity index is 2.78. The van der Waals surface area contributed by atoms with E-state index in [4.69, 9.17) is 16.3 Å². The van der Waals surface area contributed by atoms with E-state index >= 15 is 0 Å². The van der Waals surface area contributed by atoms with Crippen molar-refractivity contribution in [3.63, 3.8) is 0 Å². The minimum Gasteiger partial charge on any atom is -0.394 e. The van der Waals surface area contributed by atoms with E-state index in [9.17, 15) is 15.0 Å². The Morgan fingerprint density at radius 2 is 2.05 bits per heavy atom. The highest BCUT2D eigenvalue weighted by molar-refractivity contribution is 5.76. The second-order valence-electron chi connectivity index (χ2n) is 5.34. The summed E-state index contributed by atoms with van der Waals surface area (Å²) in [7, 11) is 0. The number of hydrogen-bond acceptors (Lipinski definition) is 5. The number of nitrogens with one attached hydrogen (secondary N) is 1. The second kappa shape index (κ2) is 7.60. The van der Waals surface area contributed by atoms with Gasteiger partial charge in [-0.25, -0.2) is 0 Å². The Morgan fingerprint density at radius 3 is 2.55 bits per heavy atom. The average Bonchev–Trinajstić information content (AvgIpc) is 2.41. The summed E-state index contributed by atoms with van der Waals surface area (Å²) in [6, 6.07) is -0.724. The van der Waals surface area contributed by atoms with E-state index in [1.165, 1.54) is 0 Å². The maximum atomic E-state index is 11.7. The summed E-state index contributed by atoms with van der Waals surface area (Å²) in [5, 5.41) is 31.8. The zero-order chi connectivity index (χ0) is 15.3. The SMILES string of the molecule is C#CCCC(=O)NC1C(O)C(O)C(CO)OC1C(C)C. The van der Waals surface area contributed by atoms with Crippen LogP contribution >= 0.6 is 0 Å². The topological polar surface area (TPSA) is 99.0 Å². The molecule has 1 aliphatic heterocycles. The van der Waals surface area contributed by atoms with E-state index in [0.29, 0.717) is 6.42 Å². The Labute approximate surface area is 119 Å². The molecule has 0 aliphatic carbocycles. The van der Waals surface area contributed by atoms with Crippen molar-refractivity contribution in [3.05, 3.63) is 0 Å². The lowest BCUT2D eigenvalue weighted by Gasteiger charge is -2.44. The number of hydrogen-bond donors (Lipinski definition) is 4. The van der Waals surface area contributed by atoms with Gasteiger partial charge < -0.3 is 25.4 Å². The van der Waals surface area contributed by atoms with Gasteiger partial charge in [-0.15, -0.1) is 12.3 Å². The lowest BCUT2D eigenvalue weighted by molar-refractivity contribution is -0.204. The summed E-state index contributed by atoms with van der Waals surface area (Å²) in [6.45, 7) is 3.37. The van der Waals surface area contributed by atoms with E-state index in [1.807, 2.05) is 13.8 Å². The molecule has 0 aromatic rings. The van der Waals surface area contributed by atoms with Crippen molar-refractivity contribution in [1.29, 1.82) is 0 Å². The quantitative estimate of drug-likeness (QED) is 0.487. The fourth-order valence-corrected chi connectivity index (χ4v) is 2.33. The number of aliphatic hydroxyl groups excluding tert-OH is 3. The molecule has 1 heterocycles. The highest BCUT2D eigenvalue weighted by Gasteiger charge is 2.45. The molecule has 20 heavy (non-hydrogen) atoms. The van der Waals surface area contributed by atoms with E-state index < -0.39 is 30.5 Å². The zero-order valence-corrected chi connectivity index (χ0v) is 11.8. The van der Waals surface area contributed by atoms with Crippen molar-refractivity contribution >= 4 is 5.91 Å². The maximum absolute atomic E-state index is 11.7. The molecule has 1 aliphatic rings. The molecule has 0 spiro atoms. The van der Waals surface area contributed by atoms with Crippen LogP contribution in [0.5, 0.6) is 0 Å². The van der Waals surface area contributed by atoms with Gasteiger partial charge in [-0.3, -0.25) is 4.79 Å². The van der Waals surface area contributed by atoms with Crippen molar-refractivity contribution in [3.8, 4) is 12.3 Å². The van der Waals surface area contributed by atoms with E-state index in [2.05, 4.69) is 11.2 Å². The summed E-state index contributed by atoms with van der Waals surface area (Å²) < 4.78 is 5.58. The van der Waals surface area contributed by atoms with Crippen molar-refractivity contribution in [2.24, 2.45) is 5.92 Å². The highest BCUT2D eigenvalue weighted by atomic mass is 16.5. The van der Waals surface area contributed by atoms with Crippen molar-refractivity contribution < 1.29 is 24.9 Å². The lowest BCUT2D eigenvalue weighted by atomic mass is 9.87. The first-order valence-electron chi connectivity index (χ1n) is 6.77.